The zero-order valence-corrected chi connectivity index (χ0v) is 14.0. The van der Waals surface area contributed by atoms with Crippen molar-refractivity contribution in [2.75, 3.05) is 31.3 Å². The van der Waals surface area contributed by atoms with E-state index in [-0.39, 0.29) is 19.1 Å². The van der Waals surface area contributed by atoms with Gasteiger partial charge in [-0.15, -0.1) is 0 Å². The second-order valence-corrected chi connectivity index (χ2v) is 6.92. The van der Waals surface area contributed by atoms with E-state index in [1.165, 1.54) is 11.5 Å². The first-order valence-corrected chi connectivity index (χ1v) is 8.23. The molecule has 0 aliphatic heterocycles. The minimum Gasteiger partial charge on any atom is -0.394 e. The van der Waals surface area contributed by atoms with Gasteiger partial charge in [0.2, 0.25) is 16.2 Å². The normalized spacial score (nSPS) is 11.9. The van der Waals surface area contributed by atoms with Crippen LogP contribution in [0.25, 0.3) is 0 Å². The van der Waals surface area contributed by atoms with Crippen LogP contribution < -0.4 is 5.32 Å². The number of nitrogens with zero attached hydrogens (tertiary/aromatic N) is 3. The third-order valence-corrected chi connectivity index (χ3v) is 4.69. The summed E-state index contributed by atoms with van der Waals surface area (Å²) in [6, 6.07) is 0. The van der Waals surface area contributed by atoms with Gasteiger partial charge < -0.3 is 5.11 Å². The molecule has 0 unspecified atom stereocenters. The lowest BCUT2D eigenvalue weighted by molar-refractivity contribution is -0.118. The van der Waals surface area contributed by atoms with Crippen molar-refractivity contribution in [3.63, 3.8) is 0 Å². The highest BCUT2D eigenvalue weighted by atomic mass is 32.2. The number of hydrogen-bond acceptors (Lipinski definition) is 7. The summed E-state index contributed by atoms with van der Waals surface area (Å²) >= 11 is 2.77. The largest absolute Gasteiger partial charge is 0.394 e. The molecule has 0 bridgehead atoms. The van der Waals surface area contributed by atoms with Gasteiger partial charge in [0, 0.05) is 22.8 Å². The van der Waals surface area contributed by atoms with E-state index >= 15 is 0 Å². The monoisotopic (exact) mass is 318 g/mol. The molecule has 114 valence electrons. The molecule has 0 aromatic carbocycles. The van der Waals surface area contributed by atoms with Crippen LogP contribution in [0.2, 0.25) is 0 Å². The number of amides is 1. The average Bonchev–Trinajstić information content (AvgIpc) is 2.83. The van der Waals surface area contributed by atoms with E-state index in [4.69, 9.17) is 0 Å². The number of nitrogens with one attached hydrogen (secondary N) is 1. The second-order valence-electron chi connectivity index (χ2n) is 5.11. The Bertz CT molecular complexity index is 437. The number of carbonyl (C=O) groups is 1. The van der Waals surface area contributed by atoms with Gasteiger partial charge in [-0.2, -0.15) is 9.36 Å². The summed E-state index contributed by atoms with van der Waals surface area (Å²) in [5, 5.41) is 13.2. The van der Waals surface area contributed by atoms with Crippen molar-refractivity contribution in [1.29, 1.82) is 0 Å². The summed E-state index contributed by atoms with van der Waals surface area (Å²) in [7, 11) is 1.80. The van der Waals surface area contributed by atoms with Gasteiger partial charge in [0.1, 0.15) is 0 Å². The fourth-order valence-corrected chi connectivity index (χ4v) is 2.64. The number of hydrogen-bond donors (Lipinski definition) is 2. The van der Waals surface area contributed by atoms with Crippen molar-refractivity contribution in [2.24, 2.45) is 0 Å². The maximum Gasteiger partial charge on any atom is 0.240 e. The van der Waals surface area contributed by atoms with Gasteiger partial charge in [0.05, 0.1) is 13.2 Å². The van der Waals surface area contributed by atoms with Crippen LogP contribution in [0.4, 0.5) is 5.13 Å². The highest BCUT2D eigenvalue weighted by molar-refractivity contribution is 7.99. The molecule has 0 aliphatic rings. The molecule has 0 aliphatic carbocycles. The average molecular weight is 318 g/mol. The molecule has 0 fully saturated rings. The lowest BCUT2D eigenvalue weighted by Crippen LogP contribution is -2.47. The van der Waals surface area contributed by atoms with Crippen LogP contribution in [-0.2, 0) is 4.79 Å². The summed E-state index contributed by atoms with van der Waals surface area (Å²) in [6.07, 6.45) is 1.06. The fraction of sp³-hybridized carbons (Fsp3) is 0.750. The molecule has 0 saturated heterocycles. The van der Waals surface area contributed by atoms with E-state index in [2.05, 4.69) is 21.6 Å². The minimum atomic E-state index is -0.430. The van der Waals surface area contributed by atoms with Gasteiger partial charge in [-0.1, -0.05) is 18.7 Å². The lowest BCUT2D eigenvalue weighted by Gasteiger charge is -2.33. The highest BCUT2D eigenvalue weighted by Crippen LogP contribution is 2.20. The SMILES string of the molecule is CCCSc1nsc(NC(=O)CN(C)C(C)(C)CO)n1. The number of rotatable bonds is 8. The first-order valence-electron chi connectivity index (χ1n) is 6.47. The van der Waals surface area contributed by atoms with E-state index in [9.17, 15) is 9.90 Å². The molecule has 6 nitrogen and oxygen atoms in total. The van der Waals surface area contributed by atoms with Gasteiger partial charge in [0.25, 0.3) is 0 Å². The first kappa shape index (κ1) is 17.4. The Labute approximate surface area is 128 Å². The number of aliphatic hydroxyl groups is 1. The summed E-state index contributed by atoms with van der Waals surface area (Å²) < 4.78 is 4.18. The molecular formula is C12H22N4O2S2. The topological polar surface area (TPSA) is 78.4 Å². The minimum absolute atomic E-state index is 0.00655. The number of aromatic nitrogens is 2. The molecule has 2 N–H and O–H groups in total. The first-order chi connectivity index (χ1) is 9.39. The molecule has 0 radical (unpaired) electrons. The Morgan fingerprint density at radius 1 is 1.55 bits per heavy atom. The van der Waals surface area contributed by atoms with Gasteiger partial charge in [0.15, 0.2) is 0 Å². The van der Waals surface area contributed by atoms with Gasteiger partial charge in [-0.3, -0.25) is 15.0 Å². The third kappa shape index (κ3) is 5.35. The Morgan fingerprint density at radius 3 is 2.85 bits per heavy atom. The quantitative estimate of drug-likeness (QED) is 0.710. The predicted molar refractivity (Wildman–Crippen MR) is 83.3 cm³/mol. The molecule has 8 heteroatoms. The van der Waals surface area contributed by atoms with E-state index in [0.717, 1.165) is 12.2 Å². The fourth-order valence-electron chi connectivity index (χ4n) is 1.22. The molecular weight excluding hydrogens is 296 g/mol. The van der Waals surface area contributed by atoms with Crippen LogP contribution in [-0.4, -0.2) is 56.8 Å². The molecule has 1 amide bonds. The van der Waals surface area contributed by atoms with Crippen LogP contribution in [0.5, 0.6) is 0 Å². The number of anilines is 1. The number of aliphatic hydroxyl groups excluding tert-OH is 1. The van der Waals surface area contributed by atoms with Crippen molar-refractivity contribution < 1.29 is 9.90 Å². The summed E-state index contributed by atoms with van der Waals surface area (Å²) in [6.45, 7) is 6.05. The molecule has 0 atom stereocenters. The Morgan fingerprint density at radius 2 is 2.25 bits per heavy atom. The molecule has 1 aromatic rings. The Hall–Kier alpha value is -0.700. The van der Waals surface area contributed by atoms with Crippen LogP contribution in [0.15, 0.2) is 5.16 Å². The molecule has 0 spiro atoms. The highest BCUT2D eigenvalue weighted by Gasteiger charge is 2.24. The second kappa shape index (κ2) is 7.92. The smallest absolute Gasteiger partial charge is 0.240 e. The predicted octanol–water partition coefficient (Wildman–Crippen LogP) is 1.68. The number of likely N-dealkylation sites (N-methyl/N-ethyl adjacent to an activating group) is 1. The molecule has 1 heterocycles. The van der Waals surface area contributed by atoms with Gasteiger partial charge >= 0.3 is 0 Å². The van der Waals surface area contributed by atoms with Crippen LogP contribution >= 0.6 is 23.3 Å². The van der Waals surface area contributed by atoms with E-state index in [0.29, 0.717) is 10.3 Å². The Kier molecular flexibility index (Phi) is 6.87. The summed E-state index contributed by atoms with van der Waals surface area (Å²) in [5.74, 6) is 0.814. The Balaban J connectivity index is 2.48. The van der Waals surface area contributed by atoms with E-state index in [1.54, 1.807) is 23.7 Å². The van der Waals surface area contributed by atoms with Crippen LogP contribution in [0.3, 0.4) is 0 Å². The zero-order valence-electron chi connectivity index (χ0n) is 12.3. The van der Waals surface area contributed by atoms with Crippen molar-refractivity contribution in [3.8, 4) is 0 Å². The molecule has 1 rings (SSSR count). The lowest BCUT2D eigenvalue weighted by atomic mass is 10.1. The van der Waals surface area contributed by atoms with Crippen LogP contribution in [0.1, 0.15) is 27.2 Å². The van der Waals surface area contributed by atoms with Crippen molar-refractivity contribution in [1.82, 2.24) is 14.3 Å². The summed E-state index contributed by atoms with van der Waals surface area (Å²) in [5.41, 5.74) is -0.430. The van der Waals surface area contributed by atoms with Crippen molar-refractivity contribution in [3.05, 3.63) is 0 Å². The number of thioether (sulfide) groups is 1. The van der Waals surface area contributed by atoms with Gasteiger partial charge in [-0.25, -0.2) is 0 Å². The molecule has 20 heavy (non-hydrogen) atoms. The van der Waals surface area contributed by atoms with E-state index < -0.39 is 5.54 Å². The maximum absolute atomic E-state index is 11.9. The third-order valence-electron chi connectivity index (χ3n) is 2.89. The maximum atomic E-state index is 11.9. The molecule has 0 saturated carbocycles. The number of carbonyl (C=O) groups excluding carboxylic acids is 1. The summed E-state index contributed by atoms with van der Waals surface area (Å²) in [4.78, 5) is 18.0. The standard InChI is InChI=1S/C12H22N4O2S2/c1-5-6-19-11-14-10(20-15-11)13-9(18)7-16(4)12(2,3)8-17/h17H,5-8H2,1-4H3,(H,13,14,15,18). The van der Waals surface area contributed by atoms with Crippen molar-refractivity contribution in [2.45, 2.75) is 37.9 Å². The van der Waals surface area contributed by atoms with Crippen LogP contribution in [0, 0.1) is 0 Å². The molecule has 1 aromatic heterocycles. The van der Waals surface area contributed by atoms with Crippen molar-refractivity contribution >= 4 is 34.3 Å². The zero-order chi connectivity index (χ0) is 15.2. The van der Waals surface area contributed by atoms with E-state index in [1.807, 2.05) is 13.8 Å². The van der Waals surface area contributed by atoms with Gasteiger partial charge in [-0.05, 0) is 27.3 Å².